The third-order valence-corrected chi connectivity index (χ3v) is 5.89. The number of H-pyrrole nitrogens is 1. The zero-order valence-electron chi connectivity index (χ0n) is 19.9. The Morgan fingerprint density at radius 2 is 1.84 bits per heavy atom. The van der Waals surface area contributed by atoms with Crippen molar-refractivity contribution in [2.75, 3.05) is 18.0 Å². The minimum Gasteiger partial charge on any atom is -0.475 e. The maximum atomic E-state index is 14.4. The van der Waals surface area contributed by atoms with Gasteiger partial charge in [0.2, 0.25) is 5.88 Å². The summed E-state index contributed by atoms with van der Waals surface area (Å²) in [6.07, 6.45) is -3.34. The van der Waals surface area contributed by atoms with Crippen molar-refractivity contribution in [1.82, 2.24) is 25.3 Å². The summed E-state index contributed by atoms with van der Waals surface area (Å²) in [6.45, 7) is 6.13. The summed E-state index contributed by atoms with van der Waals surface area (Å²) < 4.78 is 53.6. The quantitative estimate of drug-likeness (QED) is 0.317. The Kier molecular flexibility index (Phi) is 7.20. The Morgan fingerprint density at radius 1 is 1.19 bits per heavy atom. The lowest BCUT2D eigenvalue weighted by molar-refractivity contribution is -0.192. The average Bonchev–Trinajstić information content (AvgIpc) is 3.36. The van der Waals surface area contributed by atoms with Gasteiger partial charge < -0.3 is 20.1 Å². The molecule has 0 unspecified atom stereocenters. The van der Waals surface area contributed by atoms with Gasteiger partial charge in [0.05, 0.1) is 15.9 Å². The van der Waals surface area contributed by atoms with Gasteiger partial charge in [-0.3, -0.25) is 9.78 Å². The van der Waals surface area contributed by atoms with E-state index >= 15 is 0 Å². The van der Waals surface area contributed by atoms with Crippen LogP contribution in [0.2, 0.25) is 5.02 Å². The first-order valence-electron chi connectivity index (χ1n) is 11.1. The monoisotopic (exact) mass is 542 g/mol. The van der Waals surface area contributed by atoms with Crippen LogP contribution in [-0.4, -0.2) is 62.4 Å². The van der Waals surface area contributed by atoms with Crippen molar-refractivity contribution in [2.45, 2.75) is 32.1 Å². The van der Waals surface area contributed by atoms with Gasteiger partial charge in [0.25, 0.3) is 0 Å². The Labute approximate surface area is 212 Å². The predicted octanol–water partition coefficient (Wildman–Crippen LogP) is 4.85. The van der Waals surface area contributed by atoms with Crippen LogP contribution in [-0.2, 0) is 11.8 Å². The number of benzene rings is 2. The van der Waals surface area contributed by atoms with Crippen LogP contribution in [0.1, 0.15) is 13.8 Å². The highest BCUT2D eigenvalue weighted by Gasteiger charge is 2.38. The van der Waals surface area contributed by atoms with Crippen molar-refractivity contribution in [3.63, 3.8) is 0 Å². The molecule has 0 saturated carbocycles. The van der Waals surface area contributed by atoms with E-state index in [-0.39, 0.29) is 0 Å². The van der Waals surface area contributed by atoms with E-state index < -0.39 is 18.0 Å². The average molecular weight is 543 g/mol. The Bertz CT molecular complexity index is 1440. The predicted molar refractivity (Wildman–Crippen MR) is 130 cm³/mol. The molecular formula is C23H23ClF4N6O3. The first-order valence-corrected chi connectivity index (χ1v) is 11.5. The summed E-state index contributed by atoms with van der Waals surface area (Å²) in [5.41, 5.74) is 2.11. The molecule has 37 heavy (non-hydrogen) atoms. The van der Waals surface area contributed by atoms with Crippen LogP contribution in [0.5, 0.6) is 11.6 Å². The van der Waals surface area contributed by atoms with Gasteiger partial charge in [0.15, 0.2) is 5.82 Å². The van der Waals surface area contributed by atoms with Gasteiger partial charge in [-0.2, -0.15) is 18.3 Å². The zero-order chi connectivity index (χ0) is 27.1. The molecule has 4 aromatic rings. The second kappa shape index (κ2) is 10.1. The molecule has 0 bridgehead atoms. The molecule has 1 aliphatic heterocycles. The molecule has 0 radical (unpaired) electrons. The number of anilines is 1. The number of aromatic amines is 1. The van der Waals surface area contributed by atoms with E-state index in [0.29, 0.717) is 45.0 Å². The first kappa shape index (κ1) is 26.5. The van der Waals surface area contributed by atoms with Crippen molar-refractivity contribution in [3.8, 4) is 11.6 Å². The number of rotatable bonds is 3. The van der Waals surface area contributed by atoms with E-state index in [1.807, 2.05) is 12.1 Å². The summed E-state index contributed by atoms with van der Waals surface area (Å²) in [4.78, 5) is 11.2. The molecule has 9 nitrogen and oxygen atoms in total. The second-order valence-electron chi connectivity index (χ2n) is 8.80. The van der Waals surface area contributed by atoms with Crippen molar-refractivity contribution in [2.24, 2.45) is 7.05 Å². The Morgan fingerprint density at radius 3 is 2.46 bits per heavy atom. The van der Waals surface area contributed by atoms with Gasteiger partial charge in [-0.1, -0.05) is 11.6 Å². The lowest BCUT2D eigenvalue weighted by Gasteiger charge is -2.37. The van der Waals surface area contributed by atoms with Crippen molar-refractivity contribution in [3.05, 3.63) is 41.3 Å². The van der Waals surface area contributed by atoms with Gasteiger partial charge in [-0.25, -0.2) is 9.18 Å². The van der Waals surface area contributed by atoms with E-state index in [0.717, 1.165) is 24.3 Å². The van der Waals surface area contributed by atoms with Gasteiger partial charge in [0, 0.05) is 55.6 Å². The maximum Gasteiger partial charge on any atom is 0.490 e. The number of nitrogens with one attached hydrogen (secondary N) is 2. The fourth-order valence-corrected chi connectivity index (χ4v) is 4.51. The van der Waals surface area contributed by atoms with Crippen molar-refractivity contribution < 1.29 is 32.2 Å². The molecule has 0 amide bonds. The summed E-state index contributed by atoms with van der Waals surface area (Å²) in [7, 11) is 1.75. The molecule has 3 N–H and O–H groups in total. The molecule has 1 fully saturated rings. The third-order valence-electron chi connectivity index (χ3n) is 5.60. The van der Waals surface area contributed by atoms with Crippen LogP contribution in [0, 0.1) is 5.82 Å². The number of halogens is 5. The number of hydrogen-bond donors (Lipinski definition) is 3. The fraction of sp³-hybridized carbons (Fsp3) is 0.348. The molecule has 5 rings (SSSR count). The van der Waals surface area contributed by atoms with Crippen molar-refractivity contribution >= 4 is 45.1 Å². The van der Waals surface area contributed by atoms with Gasteiger partial charge in [0.1, 0.15) is 11.3 Å². The SMILES string of the molecule is C[C@@H]1CN(c2cc(Cl)c3c(Oc4cc(F)c5nn(C)cc5c4)n[nH]c3c2)C[C@H](C)N1.O=C(O)C(F)(F)F. The van der Waals surface area contributed by atoms with Crippen LogP contribution < -0.4 is 15.0 Å². The van der Waals surface area contributed by atoms with Crippen LogP contribution >= 0.6 is 11.6 Å². The van der Waals surface area contributed by atoms with Crippen LogP contribution in [0.15, 0.2) is 30.5 Å². The van der Waals surface area contributed by atoms with E-state index in [9.17, 15) is 17.6 Å². The number of carboxylic acids is 1. The molecule has 2 atom stereocenters. The van der Waals surface area contributed by atoms with Gasteiger partial charge in [-0.15, -0.1) is 5.10 Å². The van der Waals surface area contributed by atoms with Crippen LogP contribution in [0.25, 0.3) is 21.8 Å². The third kappa shape index (κ3) is 5.88. The number of piperazine rings is 1. The van der Waals surface area contributed by atoms with Crippen molar-refractivity contribution in [1.29, 1.82) is 0 Å². The molecule has 198 valence electrons. The lowest BCUT2D eigenvalue weighted by atomic mass is 10.1. The molecular weight excluding hydrogens is 520 g/mol. The summed E-state index contributed by atoms with van der Waals surface area (Å²) in [5.74, 6) is -2.55. The van der Waals surface area contributed by atoms with Gasteiger partial charge in [-0.05, 0) is 32.0 Å². The van der Waals surface area contributed by atoms with Gasteiger partial charge >= 0.3 is 12.1 Å². The molecule has 14 heteroatoms. The maximum absolute atomic E-state index is 14.4. The highest BCUT2D eigenvalue weighted by atomic mass is 35.5. The minimum atomic E-state index is -5.08. The van der Waals surface area contributed by atoms with Crippen LogP contribution in [0.4, 0.5) is 23.2 Å². The number of aliphatic carboxylic acids is 1. The molecule has 1 saturated heterocycles. The number of nitrogens with zero attached hydrogens (tertiary/aromatic N) is 4. The molecule has 2 aromatic heterocycles. The molecule has 1 aliphatic rings. The highest BCUT2D eigenvalue weighted by Crippen LogP contribution is 2.37. The Balaban J connectivity index is 0.000000405. The highest BCUT2D eigenvalue weighted by molar-refractivity contribution is 6.36. The summed E-state index contributed by atoms with van der Waals surface area (Å²) in [6, 6.07) is 7.78. The summed E-state index contributed by atoms with van der Waals surface area (Å²) in [5, 5.41) is 23.9. The lowest BCUT2D eigenvalue weighted by Crippen LogP contribution is -2.54. The standard InChI is InChI=1S/C21H22ClFN6O.C2HF3O2/c1-11-8-29(9-12(2)24-11)14-5-16(22)19-18(6-14)25-26-21(19)30-15-4-13-10-28(3)27-20(13)17(23)7-15;3-2(4,5)1(6)7/h4-7,10-12,24H,8-9H2,1-3H3,(H,25,26);(H,6,7)/t11-,12+;. The fourth-order valence-electron chi connectivity index (χ4n) is 4.22. The Hall–Kier alpha value is -3.58. The summed E-state index contributed by atoms with van der Waals surface area (Å²) >= 11 is 6.63. The largest absolute Gasteiger partial charge is 0.490 e. The molecule has 3 heterocycles. The normalized spacial score (nSPS) is 18.1. The van der Waals surface area contributed by atoms with E-state index in [1.165, 1.54) is 6.07 Å². The van der Waals surface area contributed by atoms with E-state index in [1.54, 1.807) is 24.0 Å². The number of aromatic nitrogens is 4. The molecule has 0 aliphatic carbocycles. The number of alkyl halides is 3. The second-order valence-corrected chi connectivity index (χ2v) is 9.21. The van der Waals surface area contributed by atoms with E-state index in [2.05, 4.69) is 39.4 Å². The first-order chi connectivity index (χ1) is 17.3. The number of aryl methyl sites for hydroxylation is 1. The number of hydrogen-bond acceptors (Lipinski definition) is 6. The van der Waals surface area contributed by atoms with E-state index in [4.69, 9.17) is 26.2 Å². The minimum absolute atomic E-state index is 0.305. The number of carbonyl (C=O) groups is 1. The molecule has 0 spiro atoms. The molecule has 2 aromatic carbocycles. The number of carboxylic acid groups (broad SMARTS) is 1. The topological polar surface area (TPSA) is 108 Å². The number of ether oxygens (including phenoxy) is 1. The zero-order valence-corrected chi connectivity index (χ0v) is 20.7. The number of fused-ring (bicyclic) bond motifs is 2. The van der Waals surface area contributed by atoms with Crippen LogP contribution in [0.3, 0.4) is 0 Å². The smallest absolute Gasteiger partial charge is 0.475 e.